The van der Waals surface area contributed by atoms with E-state index in [1.54, 1.807) is 19.2 Å². The molecule has 0 aliphatic heterocycles. The molecule has 0 aliphatic carbocycles. The molecule has 6 nitrogen and oxygen atoms in total. The summed E-state index contributed by atoms with van der Waals surface area (Å²) in [6.07, 6.45) is 0. The highest BCUT2D eigenvalue weighted by Crippen LogP contribution is 2.27. The molecule has 0 saturated carbocycles. The van der Waals surface area contributed by atoms with Crippen LogP contribution in [0.2, 0.25) is 0 Å². The number of carbonyl (C=O) groups is 1. The van der Waals surface area contributed by atoms with E-state index >= 15 is 0 Å². The summed E-state index contributed by atoms with van der Waals surface area (Å²) in [5.74, 6) is 0.781. The molecule has 0 radical (unpaired) electrons. The predicted molar refractivity (Wildman–Crippen MR) is 97.2 cm³/mol. The molecule has 1 N–H and O–H groups in total. The molecule has 0 bridgehead atoms. The van der Waals surface area contributed by atoms with E-state index in [0.29, 0.717) is 16.6 Å². The normalized spacial score (nSPS) is 10.3. The molecule has 0 saturated heterocycles. The fourth-order valence-corrected chi connectivity index (χ4v) is 2.96. The molecule has 0 spiro atoms. The summed E-state index contributed by atoms with van der Waals surface area (Å²) in [5.41, 5.74) is 2.12. The Bertz CT molecular complexity index is 879. The second-order valence-electron chi connectivity index (χ2n) is 5.27. The second kappa shape index (κ2) is 7.76. The van der Waals surface area contributed by atoms with Crippen LogP contribution in [-0.4, -0.2) is 29.8 Å². The van der Waals surface area contributed by atoms with E-state index in [1.807, 2.05) is 43.3 Å². The smallest absolute Gasteiger partial charge is 0.264 e. The molecule has 7 heteroatoms. The fourth-order valence-electron chi connectivity index (χ4n) is 2.21. The van der Waals surface area contributed by atoms with Crippen molar-refractivity contribution in [1.82, 2.24) is 10.2 Å². The highest BCUT2D eigenvalue weighted by Gasteiger charge is 2.11. The number of para-hydroxylation sites is 2. The molecule has 1 amide bonds. The lowest BCUT2D eigenvalue weighted by Crippen LogP contribution is -2.20. The molecule has 0 unspecified atom stereocenters. The number of aromatic nitrogens is 2. The molecule has 1 aromatic heterocycles. The maximum absolute atomic E-state index is 12.0. The minimum absolute atomic E-state index is 0.139. The first kappa shape index (κ1) is 16.9. The first-order valence-electron chi connectivity index (χ1n) is 7.62. The van der Waals surface area contributed by atoms with Gasteiger partial charge in [-0.15, -0.1) is 10.2 Å². The van der Waals surface area contributed by atoms with E-state index in [-0.39, 0.29) is 12.5 Å². The summed E-state index contributed by atoms with van der Waals surface area (Å²) >= 11 is 1.32. The minimum atomic E-state index is -0.308. The number of hydrogen-bond donors (Lipinski definition) is 1. The maximum atomic E-state index is 12.0. The molecule has 0 atom stereocenters. The fraction of sp³-hybridized carbons (Fsp3) is 0.167. The molecule has 0 aliphatic rings. The van der Waals surface area contributed by atoms with Gasteiger partial charge in [0.15, 0.2) is 18.1 Å². The lowest BCUT2D eigenvalue weighted by molar-refractivity contribution is -0.118. The van der Waals surface area contributed by atoms with Gasteiger partial charge in [0.05, 0.1) is 7.11 Å². The molecular formula is C18H17N3O3S. The first-order valence-corrected chi connectivity index (χ1v) is 8.43. The van der Waals surface area contributed by atoms with Crippen molar-refractivity contribution in [3.8, 4) is 22.1 Å². The molecule has 25 heavy (non-hydrogen) atoms. The quantitative estimate of drug-likeness (QED) is 0.732. The molecule has 0 fully saturated rings. The Morgan fingerprint density at radius 1 is 1.12 bits per heavy atom. The van der Waals surface area contributed by atoms with Crippen molar-refractivity contribution < 1.29 is 14.3 Å². The Kier molecular flexibility index (Phi) is 5.25. The highest BCUT2D eigenvalue weighted by molar-refractivity contribution is 7.18. The highest BCUT2D eigenvalue weighted by atomic mass is 32.1. The van der Waals surface area contributed by atoms with E-state index < -0.39 is 0 Å². The summed E-state index contributed by atoms with van der Waals surface area (Å²) in [6.45, 7) is 1.88. The number of nitrogens with one attached hydrogen (secondary N) is 1. The molecule has 1 heterocycles. The first-order chi connectivity index (χ1) is 12.2. The van der Waals surface area contributed by atoms with Crippen molar-refractivity contribution in [1.29, 1.82) is 0 Å². The Hall–Kier alpha value is -2.93. The van der Waals surface area contributed by atoms with E-state index in [1.165, 1.54) is 11.3 Å². The number of carbonyl (C=O) groups excluding carboxylic acids is 1. The van der Waals surface area contributed by atoms with Crippen LogP contribution in [0.5, 0.6) is 11.5 Å². The van der Waals surface area contributed by atoms with Crippen LogP contribution >= 0.6 is 11.3 Å². The predicted octanol–water partition coefficient (Wildman–Crippen LogP) is 3.54. The SMILES string of the molecule is COc1ccccc1OCC(=O)Nc1nnc(-c2cccc(C)c2)s1. The number of anilines is 1. The minimum Gasteiger partial charge on any atom is -0.493 e. The Labute approximate surface area is 149 Å². The van der Waals surface area contributed by atoms with Crippen molar-refractivity contribution in [2.75, 3.05) is 19.0 Å². The van der Waals surface area contributed by atoms with Gasteiger partial charge in [-0.2, -0.15) is 0 Å². The van der Waals surface area contributed by atoms with Gasteiger partial charge in [0.25, 0.3) is 5.91 Å². The topological polar surface area (TPSA) is 73.3 Å². The van der Waals surface area contributed by atoms with Crippen LogP contribution in [0, 0.1) is 6.92 Å². The summed E-state index contributed by atoms with van der Waals surface area (Å²) < 4.78 is 10.7. The summed E-state index contributed by atoms with van der Waals surface area (Å²) in [4.78, 5) is 12.0. The average Bonchev–Trinajstić information content (AvgIpc) is 3.08. The van der Waals surface area contributed by atoms with E-state index in [0.717, 1.165) is 16.1 Å². The third-order valence-corrected chi connectivity index (χ3v) is 4.25. The van der Waals surface area contributed by atoms with Crippen molar-refractivity contribution in [2.24, 2.45) is 0 Å². The molecule has 3 rings (SSSR count). The number of benzene rings is 2. The van der Waals surface area contributed by atoms with Gasteiger partial charge in [0.1, 0.15) is 5.01 Å². The summed E-state index contributed by atoms with van der Waals surface area (Å²) in [6, 6.07) is 15.1. The van der Waals surface area contributed by atoms with Crippen LogP contribution in [0.15, 0.2) is 48.5 Å². The Balaban J connectivity index is 1.60. The van der Waals surface area contributed by atoms with Gasteiger partial charge < -0.3 is 9.47 Å². The number of rotatable bonds is 6. The zero-order valence-electron chi connectivity index (χ0n) is 13.9. The number of hydrogen-bond acceptors (Lipinski definition) is 6. The Morgan fingerprint density at radius 2 is 1.92 bits per heavy atom. The standard InChI is InChI=1S/C18H17N3O3S/c1-12-6-5-7-13(10-12)17-20-21-18(25-17)19-16(22)11-24-15-9-4-3-8-14(15)23-2/h3-10H,11H2,1-2H3,(H,19,21,22). The average molecular weight is 355 g/mol. The maximum Gasteiger partial charge on any atom is 0.264 e. The van der Waals surface area contributed by atoms with Gasteiger partial charge in [-0.05, 0) is 25.1 Å². The third kappa shape index (κ3) is 4.33. The summed E-state index contributed by atoms with van der Waals surface area (Å²) in [5, 5.41) is 12.0. The Morgan fingerprint density at radius 3 is 2.68 bits per heavy atom. The monoisotopic (exact) mass is 355 g/mol. The van der Waals surface area contributed by atoms with Crippen LogP contribution in [0.25, 0.3) is 10.6 Å². The number of methoxy groups -OCH3 is 1. The lowest BCUT2D eigenvalue weighted by atomic mass is 10.1. The van der Waals surface area contributed by atoms with E-state index in [9.17, 15) is 4.79 Å². The summed E-state index contributed by atoms with van der Waals surface area (Å²) in [7, 11) is 1.55. The van der Waals surface area contributed by atoms with Crippen molar-refractivity contribution in [2.45, 2.75) is 6.92 Å². The van der Waals surface area contributed by atoms with Gasteiger partial charge in [-0.25, -0.2) is 0 Å². The van der Waals surface area contributed by atoms with Crippen LogP contribution in [0.1, 0.15) is 5.56 Å². The third-order valence-electron chi connectivity index (χ3n) is 3.36. The zero-order valence-corrected chi connectivity index (χ0v) is 14.7. The molecular weight excluding hydrogens is 338 g/mol. The van der Waals surface area contributed by atoms with E-state index in [4.69, 9.17) is 9.47 Å². The van der Waals surface area contributed by atoms with Crippen LogP contribution in [0.3, 0.4) is 0 Å². The molecule has 3 aromatic rings. The van der Waals surface area contributed by atoms with Crippen LogP contribution in [0.4, 0.5) is 5.13 Å². The van der Waals surface area contributed by atoms with Gasteiger partial charge in [-0.1, -0.05) is 47.2 Å². The lowest BCUT2D eigenvalue weighted by Gasteiger charge is -2.09. The van der Waals surface area contributed by atoms with E-state index in [2.05, 4.69) is 15.5 Å². The number of amides is 1. The van der Waals surface area contributed by atoms with Crippen molar-refractivity contribution >= 4 is 22.4 Å². The second-order valence-corrected chi connectivity index (χ2v) is 6.25. The number of ether oxygens (including phenoxy) is 2. The zero-order chi connectivity index (χ0) is 17.6. The molecule has 2 aromatic carbocycles. The van der Waals surface area contributed by atoms with Gasteiger partial charge in [0.2, 0.25) is 5.13 Å². The van der Waals surface area contributed by atoms with Crippen molar-refractivity contribution in [3.05, 3.63) is 54.1 Å². The van der Waals surface area contributed by atoms with Crippen molar-refractivity contribution in [3.63, 3.8) is 0 Å². The number of nitrogens with zero attached hydrogens (tertiary/aromatic N) is 2. The van der Waals surface area contributed by atoms with Crippen LogP contribution < -0.4 is 14.8 Å². The largest absolute Gasteiger partial charge is 0.493 e. The van der Waals surface area contributed by atoms with Gasteiger partial charge >= 0.3 is 0 Å². The van der Waals surface area contributed by atoms with Gasteiger partial charge in [-0.3, -0.25) is 10.1 Å². The molecule has 128 valence electrons. The van der Waals surface area contributed by atoms with Crippen LogP contribution in [-0.2, 0) is 4.79 Å². The number of aryl methyl sites for hydroxylation is 1. The van der Waals surface area contributed by atoms with Gasteiger partial charge in [0, 0.05) is 5.56 Å².